The number of ether oxygens (including phenoxy) is 1. The monoisotopic (exact) mass is 298 g/mol. The van der Waals surface area contributed by atoms with E-state index in [0.29, 0.717) is 6.54 Å². The lowest BCUT2D eigenvalue weighted by molar-refractivity contribution is -0.147. The Labute approximate surface area is 126 Å². The lowest BCUT2D eigenvalue weighted by Crippen LogP contribution is -2.49. The van der Waals surface area contributed by atoms with Crippen molar-refractivity contribution in [1.82, 2.24) is 10.2 Å². The third kappa shape index (κ3) is 5.46. The minimum Gasteiger partial charge on any atom is -0.469 e. The molecule has 0 radical (unpaired) electrons. The molecule has 0 bridgehead atoms. The standard InChI is InChI=1S/C15H26N2O4/c1-10(2)14(11(3)18)16-13(19)9-17-7-5-6-12(8-17)15(20)21-4/h10,12,14H,5-9H2,1-4H3,(H,16,19)/t12-,14?/m0/s1. The van der Waals surface area contributed by atoms with E-state index in [1.54, 1.807) is 0 Å². The third-order valence-corrected chi connectivity index (χ3v) is 3.83. The van der Waals surface area contributed by atoms with Crippen molar-refractivity contribution in [2.75, 3.05) is 26.7 Å². The Hall–Kier alpha value is -1.43. The summed E-state index contributed by atoms with van der Waals surface area (Å²) in [5.74, 6) is -0.524. The first-order valence-electron chi connectivity index (χ1n) is 7.45. The molecule has 1 saturated heterocycles. The van der Waals surface area contributed by atoms with Gasteiger partial charge in [0.05, 0.1) is 25.6 Å². The summed E-state index contributed by atoms with van der Waals surface area (Å²) in [4.78, 5) is 37.1. The quantitative estimate of drug-likeness (QED) is 0.727. The molecule has 21 heavy (non-hydrogen) atoms. The molecule has 0 aliphatic carbocycles. The second kappa shape index (κ2) is 8.12. The van der Waals surface area contributed by atoms with Gasteiger partial charge >= 0.3 is 5.97 Å². The van der Waals surface area contributed by atoms with Crippen molar-refractivity contribution in [2.45, 2.75) is 39.7 Å². The maximum atomic E-state index is 12.1. The van der Waals surface area contributed by atoms with Crippen LogP contribution in [0.5, 0.6) is 0 Å². The Morgan fingerprint density at radius 3 is 2.52 bits per heavy atom. The number of esters is 1. The van der Waals surface area contributed by atoms with Gasteiger partial charge in [-0.1, -0.05) is 13.8 Å². The van der Waals surface area contributed by atoms with E-state index in [0.717, 1.165) is 19.4 Å². The molecule has 0 saturated carbocycles. The van der Waals surface area contributed by atoms with E-state index in [2.05, 4.69) is 5.32 Å². The molecule has 0 aromatic rings. The van der Waals surface area contributed by atoms with Crippen LogP contribution in [0.1, 0.15) is 33.6 Å². The number of hydrogen-bond acceptors (Lipinski definition) is 5. The summed E-state index contributed by atoms with van der Waals surface area (Å²) >= 11 is 0. The number of amides is 1. The van der Waals surface area contributed by atoms with E-state index < -0.39 is 6.04 Å². The summed E-state index contributed by atoms with van der Waals surface area (Å²) in [6.07, 6.45) is 1.67. The van der Waals surface area contributed by atoms with E-state index in [-0.39, 0.29) is 36.0 Å². The highest BCUT2D eigenvalue weighted by Crippen LogP contribution is 2.17. The van der Waals surface area contributed by atoms with Crippen molar-refractivity contribution in [1.29, 1.82) is 0 Å². The largest absolute Gasteiger partial charge is 0.469 e. The summed E-state index contributed by atoms with van der Waals surface area (Å²) in [6, 6.07) is -0.446. The highest BCUT2D eigenvalue weighted by molar-refractivity contribution is 5.88. The maximum Gasteiger partial charge on any atom is 0.309 e. The minimum atomic E-state index is -0.446. The SMILES string of the molecule is COC(=O)[C@H]1CCCN(CC(=O)NC(C(C)=O)C(C)C)C1. The number of Topliss-reactive ketones (excluding diaryl/α,β-unsaturated/α-hetero) is 1. The first-order chi connectivity index (χ1) is 9.85. The fraction of sp³-hybridized carbons (Fsp3) is 0.800. The number of hydrogen-bond donors (Lipinski definition) is 1. The molecule has 0 spiro atoms. The van der Waals surface area contributed by atoms with Crippen LogP contribution in [0.15, 0.2) is 0 Å². The molecule has 1 aliphatic heterocycles. The number of carbonyl (C=O) groups excluding carboxylic acids is 3. The van der Waals surface area contributed by atoms with Gasteiger partial charge in [-0.05, 0) is 32.2 Å². The van der Waals surface area contributed by atoms with E-state index in [1.807, 2.05) is 18.7 Å². The Bertz CT molecular complexity index is 395. The predicted molar refractivity (Wildman–Crippen MR) is 78.6 cm³/mol. The van der Waals surface area contributed by atoms with Gasteiger partial charge in [0.1, 0.15) is 0 Å². The maximum absolute atomic E-state index is 12.1. The number of rotatable bonds is 6. The van der Waals surface area contributed by atoms with Crippen LogP contribution in [0.3, 0.4) is 0 Å². The minimum absolute atomic E-state index is 0.0376. The van der Waals surface area contributed by atoms with Crippen LogP contribution >= 0.6 is 0 Å². The smallest absolute Gasteiger partial charge is 0.309 e. The molecular formula is C15H26N2O4. The zero-order valence-corrected chi connectivity index (χ0v) is 13.3. The first kappa shape index (κ1) is 17.6. The second-order valence-corrected chi connectivity index (χ2v) is 6.00. The highest BCUT2D eigenvalue weighted by Gasteiger charge is 2.28. The molecule has 0 aromatic carbocycles. The van der Waals surface area contributed by atoms with Crippen molar-refractivity contribution >= 4 is 17.7 Å². The van der Waals surface area contributed by atoms with E-state index in [9.17, 15) is 14.4 Å². The summed E-state index contributed by atoms with van der Waals surface area (Å²) in [7, 11) is 1.38. The van der Waals surface area contributed by atoms with Gasteiger partial charge in [0.2, 0.25) is 5.91 Å². The molecule has 120 valence electrons. The fourth-order valence-electron chi connectivity index (χ4n) is 2.72. The van der Waals surface area contributed by atoms with Gasteiger partial charge in [-0.15, -0.1) is 0 Å². The molecular weight excluding hydrogens is 272 g/mol. The van der Waals surface area contributed by atoms with Crippen LogP contribution < -0.4 is 5.32 Å². The molecule has 1 unspecified atom stereocenters. The number of ketones is 1. The number of piperidine rings is 1. The van der Waals surface area contributed by atoms with E-state index >= 15 is 0 Å². The van der Waals surface area contributed by atoms with Crippen molar-refractivity contribution < 1.29 is 19.1 Å². The Morgan fingerprint density at radius 1 is 1.33 bits per heavy atom. The highest BCUT2D eigenvalue weighted by atomic mass is 16.5. The molecule has 1 fully saturated rings. The van der Waals surface area contributed by atoms with Crippen LogP contribution in [0, 0.1) is 11.8 Å². The van der Waals surface area contributed by atoms with E-state index in [1.165, 1.54) is 14.0 Å². The Balaban J connectivity index is 2.50. The number of nitrogens with zero attached hydrogens (tertiary/aromatic N) is 1. The number of carbonyl (C=O) groups is 3. The van der Waals surface area contributed by atoms with Crippen molar-refractivity contribution in [3.8, 4) is 0 Å². The average molecular weight is 298 g/mol. The summed E-state index contributed by atoms with van der Waals surface area (Å²) in [5.41, 5.74) is 0. The second-order valence-electron chi connectivity index (χ2n) is 6.00. The molecule has 1 aliphatic rings. The van der Waals surface area contributed by atoms with Crippen molar-refractivity contribution in [2.24, 2.45) is 11.8 Å². The topological polar surface area (TPSA) is 75.7 Å². The van der Waals surface area contributed by atoms with Gasteiger partial charge in [-0.2, -0.15) is 0 Å². The summed E-state index contributed by atoms with van der Waals surface area (Å²) < 4.78 is 4.76. The summed E-state index contributed by atoms with van der Waals surface area (Å²) in [6.45, 7) is 6.82. The van der Waals surface area contributed by atoms with Crippen LogP contribution in [0.25, 0.3) is 0 Å². The van der Waals surface area contributed by atoms with Crippen LogP contribution in [-0.2, 0) is 19.1 Å². The van der Waals surface area contributed by atoms with Gasteiger partial charge in [-0.25, -0.2) is 0 Å². The number of methoxy groups -OCH3 is 1. The molecule has 0 aromatic heterocycles. The van der Waals surface area contributed by atoms with Gasteiger partial charge < -0.3 is 10.1 Å². The molecule has 1 amide bonds. The van der Waals surface area contributed by atoms with E-state index in [4.69, 9.17) is 4.74 Å². The van der Waals surface area contributed by atoms with Crippen LogP contribution in [0.4, 0.5) is 0 Å². The lowest BCUT2D eigenvalue weighted by Gasteiger charge is -2.31. The molecule has 1 N–H and O–H groups in total. The fourth-order valence-corrected chi connectivity index (χ4v) is 2.72. The van der Waals surface area contributed by atoms with Gasteiger partial charge in [-0.3, -0.25) is 19.3 Å². The average Bonchev–Trinajstić information content (AvgIpc) is 2.43. The van der Waals surface area contributed by atoms with Crippen molar-refractivity contribution in [3.63, 3.8) is 0 Å². The zero-order chi connectivity index (χ0) is 16.0. The van der Waals surface area contributed by atoms with Gasteiger partial charge in [0.25, 0.3) is 0 Å². The predicted octanol–water partition coefficient (Wildman–Crippen LogP) is 0.601. The first-order valence-corrected chi connectivity index (χ1v) is 7.45. The molecule has 6 heteroatoms. The van der Waals surface area contributed by atoms with Crippen LogP contribution in [0.2, 0.25) is 0 Å². The van der Waals surface area contributed by atoms with Crippen LogP contribution in [-0.4, -0.2) is 55.3 Å². The molecule has 1 heterocycles. The van der Waals surface area contributed by atoms with Crippen molar-refractivity contribution in [3.05, 3.63) is 0 Å². The Kier molecular flexibility index (Phi) is 6.81. The number of nitrogens with one attached hydrogen (secondary N) is 1. The summed E-state index contributed by atoms with van der Waals surface area (Å²) in [5, 5.41) is 2.77. The van der Waals surface area contributed by atoms with Gasteiger partial charge in [0.15, 0.2) is 5.78 Å². The molecule has 1 rings (SSSR count). The zero-order valence-electron chi connectivity index (χ0n) is 13.3. The van der Waals surface area contributed by atoms with Gasteiger partial charge in [0, 0.05) is 6.54 Å². The number of likely N-dealkylation sites (tertiary alicyclic amines) is 1. The molecule has 2 atom stereocenters. The lowest BCUT2D eigenvalue weighted by atomic mass is 9.98. The molecule has 6 nitrogen and oxygen atoms in total. The normalized spacial score (nSPS) is 20.9. The Morgan fingerprint density at radius 2 is 2.00 bits per heavy atom. The third-order valence-electron chi connectivity index (χ3n) is 3.83.